The second kappa shape index (κ2) is 14.0. The van der Waals surface area contributed by atoms with E-state index in [1.165, 1.54) is 0 Å². The highest BCUT2D eigenvalue weighted by Crippen LogP contribution is 2.43. The van der Waals surface area contributed by atoms with Crippen molar-refractivity contribution in [3.8, 4) is 45.3 Å². The molecule has 2 N–H and O–H groups in total. The van der Waals surface area contributed by atoms with Crippen molar-refractivity contribution in [1.82, 2.24) is 30.4 Å². The van der Waals surface area contributed by atoms with E-state index >= 15 is 0 Å². The summed E-state index contributed by atoms with van der Waals surface area (Å²) in [5, 5.41) is 7.25. The van der Waals surface area contributed by atoms with Crippen molar-refractivity contribution in [2.24, 2.45) is 0 Å². The zero-order valence-electron chi connectivity index (χ0n) is 29.4. The van der Waals surface area contributed by atoms with Crippen LogP contribution in [0.1, 0.15) is 49.7 Å². The lowest BCUT2D eigenvalue weighted by Crippen LogP contribution is -2.64. The van der Waals surface area contributed by atoms with E-state index in [1.54, 1.807) is 20.4 Å². The van der Waals surface area contributed by atoms with E-state index in [9.17, 15) is 9.59 Å². The number of hydrogen-bond donors (Lipinski definition) is 2. The number of aromatic nitrogens is 2. The highest BCUT2D eigenvalue weighted by molar-refractivity contribution is 6.39. The fraction of sp³-hybridized carbons (Fsp3) is 0.400. The van der Waals surface area contributed by atoms with Gasteiger partial charge in [-0.05, 0) is 43.9 Å². The zero-order valence-corrected chi connectivity index (χ0v) is 30.9. The van der Waals surface area contributed by atoms with Crippen molar-refractivity contribution in [2.75, 3.05) is 40.4 Å². The number of amides is 2. The van der Waals surface area contributed by atoms with Crippen LogP contribution < -0.4 is 20.1 Å². The van der Waals surface area contributed by atoms with Crippen LogP contribution in [0.15, 0.2) is 60.8 Å². The Morgan fingerprint density at radius 1 is 0.731 bits per heavy atom. The number of hydrogen-bond acceptors (Lipinski definition) is 8. The molecule has 2 spiro atoms. The van der Waals surface area contributed by atoms with Gasteiger partial charge < -0.3 is 20.1 Å². The Morgan fingerprint density at radius 2 is 1.31 bits per heavy atom. The van der Waals surface area contributed by atoms with Gasteiger partial charge in [0.05, 0.1) is 46.7 Å². The molecule has 2 aromatic carbocycles. The number of β-lactam (4-membered cyclic amide) rings is 2. The summed E-state index contributed by atoms with van der Waals surface area (Å²) in [5.41, 5.74) is 6.58. The van der Waals surface area contributed by atoms with E-state index in [0.29, 0.717) is 40.2 Å². The molecule has 8 rings (SSSR count). The van der Waals surface area contributed by atoms with Gasteiger partial charge in [0.1, 0.15) is 5.75 Å². The molecular weight excluding hydrogens is 699 g/mol. The van der Waals surface area contributed by atoms with E-state index in [4.69, 9.17) is 37.7 Å². The molecule has 6 heterocycles. The summed E-state index contributed by atoms with van der Waals surface area (Å²) in [6, 6.07) is 17.9. The summed E-state index contributed by atoms with van der Waals surface area (Å²) in [5.74, 6) is 1.65. The first kappa shape index (κ1) is 34.8. The monoisotopic (exact) mass is 740 g/mol. The number of benzene rings is 2. The third kappa shape index (κ3) is 6.62. The zero-order chi connectivity index (χ0) is 36.0. The van der Waals surface area contributed by atoms with Gasteiger partial charge in [-0.2, -0.15) is 0 Å². The van der Waals surface area contributed by atoms with Crippen LogP contribution in [0.2, 0.25) is 10.0 Å². The maximum absolute atomic E-state index is 11.5. The van der Waals surface area contributed by atoms with Gasteiger partial charge in [0.25, 0.3) is 0 Å². The molecular formula is C40H42Cl2N6O4. The van der Waals surface area contributed by atoms with Gasteiger partial charge in [-0.1, -0.05) is 59.6 Å². The molecule has 12 heteroatoms. The fourth-order valence-corrected chi connectivity index (χ4v) is 8.91. The van der Waals surface area contributed by atoms with Gasteiger partial charge in [0, 0.05) is 91.7 Å². The molecule has 0 aliphatic carbocycles. The lowest BCUT2D eigenvalue weighted by molar-refractivity contribution is -0.135. The van der Waals surface area contributed by atoms with Gasteiger partial charge in [-0.3, -0.25) is 24.4 Å². The number of ether oxygens (including phenoxy) is 2. The minimum Gasteiger partial charge on any atom is -0.496 e. The normalized spacial score (nSPS) is 19.5. The van der Waals surface area contributed by atoms with E-state index in [2.05, 4.69) is 37.6 Å². The quantitative estimate of drug-likeness (QED) is 0.187. The second-order valence-corrected chi connectivity index (χ2v) is 15.4. The minimum atomic E-state index is -0.00637. The molecule has 0 radical (unpaired) electrons. The number of rotatable bonds is 9. The molecule has 52 heavy (non-hydrogen) atoms. The molecule has 10 nitrogen and oxygen atoms in total. The summed E-state index contributed by atoms with van der Waals surface area (Å²) in [4.78, 5) is 37.4. The van der Waals surface area contributed by atoms with Crippen LogP contribution in [0.25, 0.3) is 33.6 Å². The average Bonchev–Trinajstić information content (AvgIpc) is 3.13. The first-order chi connectivity index (χ1) is 25.2. The molecule has 4 saturated heterocycles. The molecule has 2 aromatic heterocycles. The van der Waals surface area contributed by atoms with Gasteiger partial charge in [-0.15, -0.1) is 0 Å². The molecule has 4 aromatic rings. The van der Waals surface area contributed by atoms with Crippen molar-refractivity contribution >= 4 is 35.0 Å². The smallest absolute Gasteiger partial charge is 0.222 e. The maximum atomic E-state index is 11.5. The molecule has 0 bridgehead atoms. The number of halogens is 2. The van der Waals surface area contributed by atoms with Crippen molar-refractivity contribution in [3.05, 3.63) is 82.0 Å². The molecule has 4 aliphatic heterocycles. The SMILES string of the molecule is COc1cc(-c2nccc(-c3cccc(-c4ccc(CN5CCC6(CC5)CC(=O)N6)c(OC)n4)c3Cl)c2Cl)ccc1CN1CCC2(CC1)CC(=O)N2. The summed E-state index contributed by atoms with van der Waals surface area (Å²) in [6.07, 6.45) is 6.87. The average molecular weight is 742 g/mol. The van der Waals surface area contributed by atoms with Crippen LogP contribution in [0.5, 0.6) is 11.6 Å². The third-order valence-electron chi connectivity index (χ3n) is 11.4. The predicted octanol–water partition coefficient (Wildman–Crippen LogP) is 6.51. The summed E-state index contributed by atoms with van der Waals surface area (Å²) in [7, 11) is 3.32. The highest BCUT2D eigenvalue weighted by atomic mass is 35.5. The van der Waals surface area contributed by atoms with Crippen LogP contribution in [0.3, 0.4) is 0 Å². The minimum absolute atomic E-state index is 0.00144. The fourth-order valence-electron chi connectivity index (χ4n) is 8.26. The van der Waals surface area contributed by atoms with Crippen molar-refractivity contribution in [3.63, 3.8) is 0 Å². The van der Waals surface area contributed by atoms with E-state index in [-0.39, 0.29) is 22.9 Å². The number of nitrogens with zero attached hydrogens (tertiary/aromatic N) is 4. The summed E-state index contributed by atoms with van der Waals surface area (Å²) in [6.45, 7) is 5.15. The number of carbonyl (C=O) groups excluding carboxylic acids is 2. The molecule has 270 valence electrons. The number of methoxy groups -OCH3 is 2. The first-order valence-corrected chi connectivity index (χ1v) is 18.6. The Labute approximate surface area is 313 Å². The van der Waals surface area contributed by atoms with Crippen molar-refractivity contribution in [1.29, 1.82) is 0 Å². The summed E-state index contributed by atoms with van der Waals surface area (Å²) < 4.78 is 11.6. The Balaban J connectivity index is 0.998. The van der Waals surface area contributed by atoms with Crippen LogP contribution in [0.4, 0.5) is 0 Å². The number of piperidine rings is 2. The third-order valence-corrected chi connectivity index (χ3v) is 12.2. The standard InChI is InChI=1S/C40H42Cl2N6O4/c1-51-32-20-25(6-7-26(32)23-47-16-11-39(12-17-47)21-33(49)45-39)37-36(42)29(10-15-43-37)28-4-3-5-30(35(28)41)31-9-8-27(38(44-31)52-2)24-48-18-13-40(14-19-48)22-34(50)46-40/h3-10,15,20H,11-14,16-19,21-24H2,1-2H3,(H,45,49)(H,46,50). The Hall–Kier alpha value is -4.22. The highest BCUT2D eigenvalue weighted by Gasteiger charge is 2.45. The molecule has 0 saturated carbocycles. The number of carbonyl (C=O) groups is 2. The largest absolute Gasteiger partial charge is 0.496 e. The first-order valence-electron chi connectivity index (χ1n) is 17.9. The number of pyridine rings is 2. The molecule has 0 atom stereocenters. The van der Waals surface area contributed by atoms with Crippen molar-refractivity contribution < 1.29 is 19.1 Å². The second-order valence-electron chi connectivity index (χ2n) is 14.6. The Kier molecular flexibility index (Phi) is 9.36. The lowest BCUT2D eigenvalue weighted by Gasteiger charge is -2.48. The van der Waals surface area contributed by atoms with Crippen LogP contribution in [-0.2, 0) is 22.7 Å². The Morgan fingerprint density at radius 3 is 1.90 bits per heavy atom. The van der Waals surface area contributed by atoms with Crippen LogP contribution in [0, 0.1) is 0 Å². The molecule has 4 aliphatic rings. The molecule has 2 amide bonds. The molecule has 0 unspecified atom stereocenters. The topological polar surface area (TPSA) is 109 Å². The maximum Gasteiger partial charge on any atom is 0.222 e. The van der Waals surface area contributed by atoms with Gasteiger partial charge in [0.2, 0.25) is 17.7 Å². The van der Waals surface area contributed by atoms with Gasteiger partial charge in [0.15, 0.2) is 0 Å². The van der Waals surface area contributed by atoms with Gasteiger partial charge >= 0.3 is 0 Å². The Bertz CT molecular complexity index is 1880. The summed E-state index contributed by atoms with van der Waals surface area (Å²) >= 11 is 14.3. The van der Waals surface area contributed by atoms with E-state index in [0.717, 1.165) is 104 Å². The lowest BCUT2D eigenvalue weighted by atomic mass is 9.78. The van der Waals surface area contributed by atoms with Crippen LogP contribution >= 0.6 is 23.2 Å². The predicted molar refractivity (Wildman–Crippen MR) is 201 cm³/mol. The number of likely N-dealkylation sites (tertiary alicyclic amines) is 2. The van der Waals surface area contributed by atoms with E-state index in [1.807, 2.05) is 42.5 Å². The van der Waals surface area contributed by atoms with Crippen molar-refractivity contribution in [2.45, 2.75) is 62.7 Å². The van der Waals surface area contributed by atoms with E-state index < -0.39 is 0 Å². The van der Waals surface area contributed by atoms with Gasteiger partial charge in [-0.25, -0.2) is 4.98 Å². The number of nitrogens with one attached hydrogen (secondary N) is 2. The van der Waals surface area contributed by atoms with Crippen LogP contribution in [-0.4, -0.2) is 83.1 Å². The molecule has 4 fully saturated rings.